The fraction of sp³-hybridized carbons (Fsp3) is 0.0909. The van der Waals surface area contributed by atoms with Crippen molar-refractivity contribution >= 4 is 27.3 Å². The van der Waals surface area contributed by atoms with Gasteiger partial charge >= 0.3 is 0 Å². The molecule has 10 heteroatoms. The van der Waals surface area contributed by atoms with Gasteiger partial charge in [0.05, 0.1) is 17.3 Å². The fourth-order valence-corrected chi connectivity index (χ4v) is 2.40. The smallest absolute Gasteiger partial charge is 0.269 e. The molecule has 0 fully saturated rings. The van der Waals surface area contributed by atoms with Crippen molar-refractivity contribution in [1.29, 1.82) is 0 Å². The first-order valence-corrected chi connectivity index (χ1v) is 7.18. The van der Waals surface area contributed by atoms with E-state index in [1.807, 2.05) is 0 Å². The second-order valence-electron chi connectivity index (χ2n) is 3.90. The minimum atomic E-state index is -3.84. The molecule has 0 spiro atoms. The number of sulfonamides is 1. The molecule has 0 aliphatic carbocycles. The molecule has 0 saturated heterocycles. The van der Waals surface area contributed by atoms with E-state index in [-0.39, 0.29) is 16.3 Å². The molecule has 9 nitrogen and oxygen atoms in total. The van der Waals surface area contributed by atoms with Gasteiger partial charge < -0.3 is 5.32 Å². The molecule has 21 heavy (non-hydrogen) atoms. The highest BCUT2D eigenvalue weighted by atomic mass is 32.2. The van der Waals surface area contributed by atoms with Crippen LogP contribution < -0.4 is 10.0 Å². The summed E-state index contributed by atoms with van der Waals surface area (Å²) in [6, 6.07) is 5.02. The molecular weight excluding hydrogens is 298 g/mol. The summed E-state index contributed by atoms with van der Waals surface area (Å²) in [5, 5.41) is 13.2. The number of rotatable bonds is 5. The number of anilines is 2. The van der Waals surface area contributed by atoms with Crippen LogP contribution in [-0.4, -0.2) is 30.4 Å². The summed E-state index contributed by atoms with van der Waals surface area (Å²) in [6.07, 6.45) is 2.32. The highest BCUT2D eigenvalue weighted by Gasteiger charge is 2.16. The first kappa shape index (κ1) is 14.7. The number of non-ortho nitro benzene ring substituents is 1. The molecule has 2 rings (SSSR count). The second-order valence-corrected chi connectivity index (χ2v) is 5.58. The van der Waals surface area contributed by atoms with Crippen LogP contribution in [0.3, 0.4) is 0 Å². The molecule has 1 aromatic heterocycles. The van der Waals surface area contributed by atoms with E-state index in [1.165, 1.54) is 24.3 Å². The lowest BCUT2D eigenvalue weighted by atomic mass is 10.3. The molecule has 110 valence electrons. The Morgan fingerprint density at radius 2 is 1.71 bits per heavy atom. The van der Waals surface area contributed by atoms with Gasteiger partial charge in [0.15, 0.2) is 0 Å². The first-order chi connectivity index (χ1) is 9.92. The molecular formula is C11H11N5O4S. The summed E-state index contributed by atoms with van der Waals surface area (Å²) in [7, 11) is -2.23. The van der Waals surface area contributed by atoms with Gasteiger partial charge in [0.2, 0.25) is 5.95 Å². The Kier molecular flexibility index (Phi) is 3.98. The van der Waals surface area contributed by atoms with Crippen LogP contribution in [-0.2, 0) is 10.0 Å². The average Bonchev–Trinajstić information content (AvgIpc) is 2.47. The summed E-state index contributed by atoms with van der Waals surface area (Å²) in [6.45, 7) is 0. The van der Waals surface area contributed by atoms with Gasteiger partial charge in [0.1, 0.15) is 4.90 Å². The van der Waals surface area contributed by atoms with Crippen LogP contribution in [0.4, 0.5) is 17.3 Å². The number of nitro groups is 1. The number of aromatic nitrogens is 2. The molecule has 1 aromatic carbocycles. The van der Waals surface area contributed by atoms with Gasteiger partial charge in [0, 0.05) is 24.9 Å². The largest absolute Gasteiger partial charge is 0.357 e. The Labute approximate surface area is 120 Å². The average molecular weight is 309 g/mol. The number of nitrogens with one attached hydrogen (secondary N) is 2. The zero-order valence-corrected chi connectivity index (χ0v) is 11.7. The van der Waals surface area contributed by atoms with Crippen LogP contribution in [0.1, 0.15) is 0 Å². The van der Waals surface area contributed by atoms with Crippen LogP contribution >= 0.6 is 0 Å². The summed E-state index contributed by atoms with van der Waals surface area (Å²) in [5.74, 6) is 0.296. The monoisotopic (exact) mass is 309 g/mol. The van der Waals surface area contributed by atoms with Crippen LogP contribution in [0, 0.1) is 10.1 Å². The maximum atomic E-state index is 12.1. The third kappa shape index (κ3) is 3.42. The predicted octanol–water partition coefficient (Wildman–Crippen LogP) is 1.23. The van der Waals surface area contributed by atoms with E-state index in [1.54, 1.807) is 7.05 Å². The summed E-state index contributed by atoms with van der Waals surface area (Å²) in [4.78, 5) is 17.5. The number of benzene rings is 1. The molecule has 0 atom stereocenters. The minimum Gasteiger partial charge on any atom is -0.357 e. The summed E-state index contributed by atoms with van der Waals surface area (Å²) >= 11 is 0. The van der Waals surface area contributed by atoms with Crippen molar-refractivity contribution < 1.29 is 13.3 Å². The third-order valence-corrected chi connectivity index (χ3v) is 3.83. The number of nitro benzene ring substituents is 1. The van der Waals surface area contributed by atoms with Gasteiger partial charge in [-0.05, 0) is 12.1 Å². The Bertz CT molecular complexity index is 743. The highest BCUT2D eigenvalue weighted by Crippen LogP contribution is 2.18. The molecule has 2 N–H and O–H groups in total. The lowest BCUT2D eigenvalue weighted by Crippen LogP contribution is -2.14. The van der Waals surface area contributed by atoms with Gasteiger partial charge in [0.25, 0.3) is 15.7 Å². The van der Waals surface area contributed by atoms with Crippen molar-refractivity contribution in [3.05, 3.63) is 46.8 Å². The standard InChI is InChI=1S/C11H11N5O4S/c1-12-11-13-6-10(7-14-11)21(19,20)15-8-2-4-9(5-3-8)16(17)18/h2-7,15H,1H3,(H,12,13,14). The van der Waals surface area contributed by atoms with E-state index in [4.69, 9.17) is 0 Å². The third-order valence-electron chi connectivity index (χ3n) is 2.49. The molecule has 0 saturated carbocycles. The van der Waals surface area contributed by atoms with Crippen molar-refractivity contribution in [2.45, 2.75) is 4.90 Å². The molecule has 1 heterocycles. The van der Waals surface area contributed by atoms with E-state index in [0.717, 1.165) is 12.4 Å². The maximum Gasteiger partial charge on any atom is 0.269 e. The zero-order valence-electron chi connectivity index (χ0n) is 10.8. The van der Waals surface area contributed by atoms with E-state index < -0.39 is 14.9 Å². The number of nitrogens with zero attached hydrogens (tertiary/aromatic N) is 3. The highest BCUT2D eigenvalue weighted by molar-refractivity contribution is 7.92. The van der Waals surface area contributed by atoms with Gasteiger partial charge in [-0.1, -0.05) is 0 Å². The summed E-state index contributed by atoms with van der Waals surface area (Å²) in [5.41, 5.74) is 0.0814. The topological polar surface area (TPSA) is 127 Å². The first-order valence-electron chi connectivity index (χ1n) is 5.69. The van der Waals surface area contributed by atoms with Gasteiger partial charge in [-0.15, -0.1) is 0 Å². The fourth-order valence-electron chi connectivity index (χ4n) is 1.45. The zero-order chi connectivity index (χ0) is 15.5. The van der Waals surface area contributed by atoms with Crippen molar-refractivity contribution in [3.63, 3.8) is 0 Å². The van der Waals surface area contributed by atoms with Gasteiger partial charge in [-0.3, -0.25) is 14.8 Å². The van der Waals surface area contributed by atoms with Crippen LogP contribution in [0.5, 0.6) is 0 Å². The lowest BCUT2D eigenvalue weighted by molar-refractivity contribution is -0.384. The molecule has 0 aliphatic rings. The molecule has 2 aromatic rings. The van der Waals surface area contributed by atoms with Crippen LogP contribution in [0.25, 0.3) is 0 Å². The Balaban J connectivity index is 2.21. The minimum absolute atomic E-state index is 0.111. The quantitative estimate of drug-likeness (QED) is 0.628. The Hall–Kier alpha value is -2.75. The molecule has 0 aliphatic heterocycles. The van der Waals surface area contributed by atoms with E-state index in [0.29, 0.717) is 5.95 Å². The van der Waals surface area contributed by atoms with E-state index in [2.05, 4.69) is 20.0 Å². The lowest BCUT2D eigenvalue weighted by Gasteiger charge is -2.07. The van der Waals surface area contributed by atoms with Crippen molar-refractivity contribution in [2.75, 3.05) is 17.1 Å². The van der Waals surface area contributed by atoms with Gasteiger partial charge in [-0.25, -0.2) is 18.4 Å². The van der Waals surface area contributed by atoms with Crippen LogP contribution in [0.15, 0.2) is 41.6 Å². The van der Waals surface area contributed by atoms with E-state index >= 15 is 0 Å². The van der Waals surface area contributed by atoms with Crippen LogP contribution in [0.2, 0.25) is 0 Å². The van der Waals surface area contributed by atoms with Gasteiger partial charge in [-0.2, -0.15) is 0 Å². The Morgan fingerprint density at radius 3 is 2.19 bits per heavy atom. The SMILES string of the molecule is CNc1ncc(S(=O)(=O)Nc2ccc([N+](=O)[O-])cc2)cn1. The van der Waals surface area contributed by atoms with Crippen molar-refractivity contribution in [2.24, 2.45) is 0 Å². The van der Waals surface area contributed by atoms with Crippen molar-refractivity contribution in [3.8, 4) is 0 Å². The summed E-state index contributed by atoms with van der Waals surface area (Å²) < 4.78 is 26.4. The number of hydrogen-bond acceptors (Lipinski definition) is 7. The van der Waals surface area contributed by atoms with E-state index in [9.17, 15) is 18.5 Å². The molecule has 0 unspecified atom stereocenters. The number of hydrogen-bond donors (Lipinski definition) is 2. The molecule has 0 radical (unpaired) electrons. The molecule has 0 amide bonds. The normalized spacial score (nSPS) is 10.9. The molecule has 0 bridgehead atoms. The second kappa shape index (κ2) is 5.71. The van der Waals surface area contributed by atoms with Crippen molar-refractivity contribution in [1.82, 2.24) is 9.97 Å². The predicted molar refractivity (Wildman–Crippen MR) is 75.5 cm³/mol. The maximum absolute atomic E-state index is 12.1. The Morgan fingerprint density at radius 1 is 1.14 bits per heavy atom.